The molecule has 0 aromatic rings. The Morgan fingerprint density at radius 3 is 1.21 bits per heavy atom. The number of aliphatic hydroxyl groups excluding tert-OH is 3. The first kappa shape index (κ1) is 51.6. The highest BCUT2D eigenvalue weighted by atomic mass is 16.3. The molecule has 0 saturated heterocycles. The van der Waals surface area contributed by atoms with Gasteiger partial charge in [-0.2, -0.15) is 0 Å². The zero-order valence-corrected chi connectivity index (χ0v) is 35.4. The van der Waals surface area contributed by atoms with Crippen molar-refractivity contribution >= 4 is 5.91 Å². The van der Waals surface area contributed by atoms with E-state index in [9.17, 15) is 20.1 Å². The van der Waals surface area contributed by atoms with E-state index in [1.807, 2.05) is 6.08 Å². The van der Waals surface area contributed by atoms with Crippen LogP contribution < -0.4 is 5.32 Å². The van der Waals surface area contributed by atoms with Crippen molar-refractivity contribution in [2.75, 3.05) is 6.61 Å². The molecule has 0 aromatic heterocycles. The molecule has 0 saturated carbocycles. The highest BCUT2D eigenvalue weighted by molar-refractivity contribution is 5.76. The van der Waals surface area contributed by atoms with Crippen molar-refractivity contribution in [1.29, 1.82) is 0 Å². The molecule has 0 radical (unpaired) electrons. The normalized spacial score (nSPS) is 13.8. The Morgan fingerprint density at radius 2 is 0.811 bits per heavy atom. The summed E-state index contributed by atoms with van der Waals surface area (Å²) in [6, 6.07) is -0.763. The molecular weight excluding hydrogens is 655 g/mol. The van der Waals surface area contributed by atoms with Crippen LogP contribution in [0.25, 0.3) is 0 Å². The van der Waals surface area contributed by atoms with Gasteiger partial charge in [0, 0.05) is 0 Å². The van der Waals surface area contributed by atoms with Gasteiger partial charge in [0.15, 0.2) is 0 Å². The molecule has 0 aliphatic carbocycles. The fourth-order valence-corrected chi connectivity index (χ4v) is 7.06. The van der Waals surface area contributed by atoms with Crippen LogP contribution in [0.2, 0.25) is 0 Å². The van der Waals surface area contributed by atoms with Gasteiger partial charge in [0.25, 0.3) is 0 Å². The lowest BCUT2D eigenvalue weighted by atomic mass is 10.0. The SMILES string of the molecule is CCCCCCCC/C=C\CCCCCCCC(O)CC(=O)NC(CO)C(O)/C=C/CC/C=C/CCCCCCCCCCCCCCCCCCC. The molecule has 3 atom stereocenters. The summed E-state index contributed by atoms with van der Waals surface area (Å²) in [7, 11) is 0. The smallest absolute Gasteiger partial charge is 0.222 e. The van der Waals surface area contributed by atoms with Crippen LogP contribution in [0.4, 0.5) is 0 Å². The minimum atomic E-state index is -0.953. The van der Waals surface area contributed by atoms with Crippen molar-refractivity contribution in [3.05, 3.63) is 36.5 Å². The Bertz CT molecular complexity index is 824. The maximum atomic E-state index is 12.4. The molecule has 0 aliphatic rings. The first-order valence-electron chi connectivity index (χ1n) is 23.3. The number of allylic oxidation sites excluding steroid dienone is 5. The molecule has 53 heavy (non-hydrogen) atoms. The first-order valence-corrected chi connectivity index (χ1v) is 23.3. The molecule has 4 N–H and O–H groups in total. The lowest BCUT2D eigenvalue weighted by Gasteiger charge is -2.20. The van der Waals surface area contributed by atoms with Crippen LogP contribution >= 0.6 is 0 Å². The van der Waals surface area contributed by atoms with E-state index in [-0.39, 0.29) is 18.9 Å². The van der Waals surface area contributed by atoms with Gasteiger partial charge >= 0.3 is 0 Å². The third kappa shape index (κ3) is 40.1. The second-order valence-electron chi connectivity index (χ2n) is 16.0. The van der Waals surface area contributed by atoms with E-state index in [2.05, 4.69) is 43.5 Å². The number of carbonyl (C=O) groups excluding carboxylic acids is 1. The molecule has 0 heterocycles. The molecule has 5 nitrogen and oxygen atoms in total. The number of carbonyl (C=O) groups is 1. The van der Waals surface area contributed by atoms with Crippen molar-refractivity contribution < 1.29 is 20.1 Å². The van der Waals surface area contributed by atoms with Gasteiger partial charge in [0.1, 0.15) is 0 Å². The molecule has 0 spiro atoms. The van der Waals surface area contributed by atoms with E-state index in [1.165, 1.54) is 167 Å². The van der Waals surface area contributed by atoms with Crippen LogP contribution in [0.3, 0.4) is 0 Å². The quantitative estimate of drug-likeness (QED) is 0.0370. The van der Waals surface area contributed by atoms with Gasteiger partial charge in [-0.25, -0.2) is 0 Å². The van der Waals surface area contributed by atoms with Crippen LogP contribution in [-0.2, 0) is 4.79 Å². The average molecular weight is 746 g/mol. The van der Waals surface area contributed by atoms with Gasteiger partial charge < -0.3 is 20.6 Å². The summed E-state index contributed by atoms with van der Waals surface area (Å²) < 4.78 is 0. The zero-order valence-electron chi connectivity index (χ0n) is 35.4. The van der Waals surface area contributed by atoms with Crippen molar-refractivity contribution in [2.24, 2.45) is 0 Å². The standard InChI is InChI=1S/C48H91NO4/c1-3-5-7-9-11-13-15-17-19-20-21-22-23-24-25-26-28-30-32-34-36-38-40-42-47(52)46(44-50)49-48(53)43-45(51)41-39-37-35-33-31-29-27-18-16-14-12-10-8-6-4-2/h18,27,32,34,40,42,45-47,50-52H,3-17,19-26,28-31,33,35-39,41,43-44H2,1-2H3,(H,49,53)/b27-18-,34-32+,42-40+. The van der Waals surface area contributed by atoms with Crippen molar-refractivity contribution in [3.8, 4) is 0 Å². The van der Waals surface area contributed by atoms with Gasteiger partial charge in [-0.1, -0.05) is 211 Å². The van der Waals surface area contributed by atoms with Crippen molar-refractivity contribution in [2.45, 2.75) is 257 Å². The molecule has 0 fully saturated rings. The zero-order chi connectivity index (χ0) is 38.7. The number of unbranched alkanes of at least 4 members (excludes halogenated alkanes) is 29. The Balaban J connectivity index is 3.68. The van der Waals surface area contributed by atoms with Gasteiger partial charge in [0.2, 0.25) is 5.91 Å². The van der Waals surface area contributed by atoms with E-state index in [0.29, 0.717) is 6.42 Å². The molecule has 0 aromatic carbocycles. The van der Waals surface area contributed by atoms with Crippen LogP contribution in [-0.4, -0.2) is 46.1 Å². The topological polar surface area (TPSA) is 89.8 Å². The summed E-state index contributed by atoms with van der Waals surface area (Å²) >= 11 is 0. The van der Waals surface area contributed by atoms with Crippen LogP contribution in [0, 0.1) is 0 Å². The highest BCUT2D eigenvalue weighted by Crippen LogP contribution is 2.15. The van der Waals surface area contributed by atoms with E-state index >= 15 is 0 Å². The second kappa shape index (κ2) is 43.3. The number of aliphatic hydroxyl groups is 3. The Morgan fingerprint density at radius 1 is 0.472 bits per heavy atom. The summed E-state index contributed by atoms with van der Waals surface area (Å²) in [4.78, 5) is 12.4. The number of hydrogen-bond acceptors (Lipinski definition) is 4. The van der Waals surface area contributed by atoms with Crippen LogP contribution in [0.1, 0.15) is 239 Å². The lowest BCUT2D eigenvalue weighted by Crippen LogP contribution is -2.45. The fraction of sp³-hybridized carbons (Fsp3) is 0.854. The van der Waals surface area contributed by atoms with E-state index in [4.69, 9.17) is 0 Å². The molecule has 0 aliphatic heterocycles. The predicted octanol–water partition coefficient (Wildman–Crippen LogP) is 13.5. The highest BCUT2D eigenvalue weighted by Gasteiger charge is 2.20. The maximum Gasteiger partial charge on any atom is 0.222 e. The number of amides is 1. The Labute approximate surface area is 330 Å². The van der Waals surface area contributed by atoms with Gasteiger partial charge in [-0.3, -0.25) is 4.79 Å². The Kier molecular flexibility index (Phi) is 42.1. The summed E-state index contributed by atoms with van der Waals surface area (Å²) in [6.45, 7) is 4.20. The van der Waals surface area contributed by atoms with Crippen LogP contribution in [0.5, 0.6) is 0 Å². The van der Waals surface area contributed by atoms with Crippen molar-refractivity contribution in [3.63, 3.8) is 0 Å². The number of nitrogens with one attached hydrogen (secondary N) is 1. The average Bonchev–Trinajstić information content (AvgIpc) is 3.15. The minimum absolute atomic E-state index is 0.000563. The molecule has 312 valence electrons. The van der Waals surface area contributed by atoms with E-state index in [1.54, 1.807) is 6.08 Å². The first-order chi connectivity index (χ1) is 26.0. The van der Waals surface area contributed by atoms with Gasteiger partial charge in [-0.05, 0) is 57.8 Å². The van der Waals surface area contributed by atoms with Crippen LogP contribution in [0.15, 0.2) is 36.5 Å². The van der Waals surface area contributed by atoms with Crippen molar-refractivity contribution in [1.82, 2.24) is 5.32 Å². The molecular formula is C48H91NO4. The molecule has 3 unspecified atom stereocenters. The van der Waals surface area contributed by atoms with Gasteiger partial charge in [0.05, 0.1) is 31.3 Å². The Hall–Kier alpha value is -1.43. The summed E-state index contributed by atoms with van der Waals surface area (Å²) in [5.41, 5.74) is 0. The minimum Gasteiger partial charge on any atom is -0.394 e. The lowest BCUT2D eigenvalue weighted by molar-refractivity contribution is -0.124. The summed E-state index contributed by atoms with van der Waals surface area (Å²) in [5.74, 6) is -0.330. The molecule has 5 heteroatoms. The molecule has 0 rings (SSSR count). The number of hydrogen-bond donors (Lipinski definition) is 4. The van der Waals surface area contributed by atoms with Gasteiger partial charge in [-0.15, -0.1) is 0 Å². The fourth-order valence-electron chi connectivity index (χ4n) is 7.06. The molecule has 0 bridgehead atoms. The second-order valence-corrected chi connectivity index (χ2v) is 16.0. The third-order valence-electron chi connectivity index (χ3n) is 10.6. The summed E-state index contributed by atoms with van der Waals surface area (Å²) in [5, 5.41) is 33.2. The largest absolute Gasteiger partial charge is 0.394 e. The number of rotatable bonds is 42. The van der Waals surface area contributed by atoms with E-state index in [0.717, 1.165) is 44.9 Å². The maximum absolute atomic E-state index is 12.4. The monoisotopic (exact) mass is 746 g/mol. The predicted molar refractivity (Wildman–Crippen MR) is 231 cm³/mol. The summed E-state index contributed by atoms with van der Waals surface area (Å²) in [6.07, 6.45) is 54.4. The molecule has 1 amide bonds. The van der Waals surface area contributed by atoms with E-state index < -0.39 is 18.2 Å². The third-order valence-corrected chi connectivity index (χ3v) is 10.6.